The Balaban J connectivity index is 1.99. The van der Waals surface area contributed by atoms with E-state index in [9.17, 15) is 13.6 Å². The average Bonchev–Trinajstić information content (AvgIpc) is 2.84. The zero-order chi connectivity index (χ0) is 14.8. The summed E-state index contributed by atoms with van der Waals surface area (Å²) in [5, 5.41) is 2.44. The molecule has 0 spiro atoms. The van der Waals surface area contributed by atoms with Crippen molar-refractivity contribution in [2.24, 2.45) is 4.99 Å². The number of rotatable bonds is 2. The molecule has 2 aromatic rings. The Bertz CT molecular complexity index is 767. The van der Waals surface area contributed by atoms with Gasteiger partial charge >= 0.3 is 0 Å². The average molecular weight is 284 g/mol. The minimum Gasteiger partial charge on any atom is -0.305 e. The smallest absolute Gasteiger partial charge is 0.275 e. The second-order valence-corrected chi connectivity index (χ2v) is 4.48. The molecule has 0 aromatic heterocycles. The molecule has 3 rings (SSSR count). The highest BCUT2D eigenvalue weighted by Gasteiger charge is 2.23. The van der Waals surface area contributed by atoms with Crippen molar-refractivity contribution in [2.75, 3.05) is 0 Å². The minimum atomic E-state index is -0.642. The van der Waals surface area contributed by atoms with E-state index in [2.05, 4.69) is 10.3 Å². The van der Waals surface area contributed by atoms with E-state index in [4.69, 9.17) is 0 Å². The zero-order valence-corrected chi connectivity index (χ0v) is 10.8. The number of amides is 1. The van der Waals surface area contributed by atoms with Crippen molar-refractivity contribution in [1.29, 1.82) is 0 Å². The van der Waals surface area contributed by atoms with E-state index in [0.717, 1.165) is 23.8 Å². The molecule has 0 radical (unpaired) electrons. The van der Waals surface area contributed by atoms with Gasteiger partial charge in [-0.25, -0.2) is 13.8 Å². The van der Waals surface area contributed by atoms with Gasteiger partial charge in [-0.1, -0.05) is 30.3 Å². The highest BCUT2D eigenvalue weighted by molar-refractivity contribution is 6.19. The van der Waals surface area contributed by atoms with Crippen LogP contribution < -0.4 is 5.32 Å². The predicted molar refractivity (Wildman–Crippen MR) is 75.5 cm³/mol. The molecule has 0 fully saturated rings. The maximum absolute atomic E-state index is 13.7. The number of hydrogen-bond donors (Lipinski definition) is 1. The van der Waals surface area contributed by atoms with E-state index in [1.54, 1.807) is 6.08 Å². The fourth-order valence-corrected chi connectivity index (χ4v) is 1.98. The molecule has 104 valence electrons. The summed E-state index contributed by atoms with van der Waals surface area (Å²) in [5.41, 5.74) is 0.882. The van der Waals surface area contributed by atoms with Crippen LogP contribution in [0.25, 0.3) is 6.08 Å². The van der Waals surface area contributed by atoms with Crippen LogP contribution in [0.1, 0.15) is 11.1 Å². The molecule has 0 unspecified atom stereocenters. The van der Waals surface area contributed by atoms with Crippen LogP contribution in [0.4, 0.5) is 8.78 Å². The van der Waals surface area contributed by atoms with Gasteiger partial charge in [0, 0.05) is 0 Å². The SMILES string of the molecule is O=C1NC(c2cc(F)ccc2F)=NC1=Cc1ccccc1. The summed E-state index contributed by atoms with van der Waals surface area (Å²) in [6.07, 6.45) is 1.58. The van der Waals surface area contributed by atoms with Gasteiger partial charge in [-0.3, -0.25) is 4.79 Å². The lowest BCUT2D eigenvalue weighted by molar-refractivity contribution is -0.115. The lowest BCUT2D eigenvalue weighted by atomic mass is 10.2. The molecule has 1 heterocycles. The quantitative estimate of drug-likeness (QED) is 0.846. The van der Waals surface area contributed by atoms with E-state index in [1.807, 2.05) is 30.3 Å². The van der Waals surface area contributed by atoms with Crippen molar-refractivity contribution in [3.8, 4) is 0 Å². The van der Waals surface area contributed by atoms with Gasteiger partial charge in [-0.2, -0.15) is 0 Å². The van der Waals surface area contributed by atoms with Gasteiger partial charge in [0.25, 0.3) is 5.91 Å². The largest absolute Gasteiger partial charge is 0.305 e. The molecule has 0 aliphatic carbocycles. The summed E-state index contributed by atoms with van der Waals surface area (Å²) < 4.78 is 26.9. The van der Waals surface area contributed by atoms with Gasteiger partial charge in [-0.15, -0.1) is 0 Å². The molecule has 0 bridgehead atoms. The standard InChI is InChI=1S/C16H10F2N2O/c17-11-6-7-13(18)12(9-11)15-19-14(16(21)20-15)8-10-4-2-1-3-5-10/h1-9H,(H,19,20,21). The molecule has 0 saturated heterocycles. The van der Waals surface area contributed by atoms with Crippen molar-refractivity contribution >= 4 is 17.8 Å². The lowest BCUT2D eigenvalue weighted by Crippen LogP contribution is -2.25. The molecule has 1 aliphatic rings. The Labute approximate surface area is 119 Å². The van der Waals surface area contributed by atoms with Gasteiger partial charge in [-0.05, 0) is 29.8 Å². The number of nitrogens with one attached hydrogen (secondary N) is 1. The van der Waals surface area contributed by atoms with Crippen LogP contribution in [0.3, 0.4) is 0 Å². The molecule has 0 atom stereocenters. The zero-order valence-electron chi connectivity index (χ0n) is 10.8. The number of amidine groups is 1. The maximum atomic E-state index is 13.7. The highest BCUT2D eigenvalue weighted by atomic mass is 19.1. The Morgan fingerprint density at radius 2 is 1.81 bits per heavy atom. The normalized spacial score (nSPS) is 16.0. The second kappa shape index (κ2) is 5.28. The first-order chi connectivity index (χ1) is 10.1. The number of aliphatic imine (C=N–C) groups is 1. The third kappa shape index (κ3) is 2.72. The van der Waals surface area contributed by atoms with Crippen molar-refractivity contribution in [2.45, 2.75) is 0 Å². The summed E-state index contributed by atoms with van der Waals surface area (Å²) in [6, 6.07) is 12.2. The van der Waals surface area contributed by atoms with E-state index < -0.39 is 17.5 Å². The Morgan fingerprint density at radius 1 is 1.05 bits per heavy atom. The van der Waals surface area contributed by atoms with E-state index in [1.165, 1.54) is 0 Å². The first-order valence-electron chi connectivity index (χ1n) is 6.26. The van der Waals surface area contributed by atoms with Crippen LogP contribution in [0, 0.1) is 11.6 Å². The van der Waals surface area contributed by atoms with Gasteiger partial charge in [0.15, 0.2) is 0 Å². The number of carbonyl (C=O) groups excluding carboxylic acids is 1. The summed E-state index contributed by atoms with van der Waals surface area (Å²) >= 11 is 0. The van der Waals surface area contributed by atoms with Gasteiger partial charge in [0.2, 0.25) is 0 Å². The van der Waals surface area contributed by atoms with Gasteiger partial charge in [0.1, 0.15) is 23.2 Å². The van der Waals surface area contributed by atoms with Gasteiger partial charge < -0.3 is 5.32 Å². The number of hydrogen-bond acceptors (Lipinski definition) is 2. The molecule has 1 aliphatic heterocycles. The van der Waals surface area contributed by atoms with E-state index in [0.29, 0.717) is 0 Å². The summed E-state index contributed by atoms with van der Waals surface area (Å²) in [5.74, 6) is -1.67. The van der Waals surface area contributed by atoms with Crippen molar-refractivity contribution in [1.82, 2.24) is 5.32 Å². The Hall–Kier alpha value is -2.82. The topological polar surface area (TPSA) is 41.5 Å². The molecular formula is C16H10F2N2O. The van der Waals surface area contributed by atoms with Crippen LogP contribution in [0.15, 0.2) is 59.2 Å². The number of carbonyl (C=O) groups is 1. The highest BCUT2D eigenvalue weighted by Crippen LogP contribution is 2.17. The van der Waals surface area contributed by atoms with Crippen LogP contribution in [-0.2, 0) is 4.79 Å². The van der Waals surface area contributed by atoms with Gasteiger partial charge in [0.05, 0.1) is 5.56 Å². The van der Waals surface area contributed by atoms with Crippen molar-refractivity contribution < 1.29 is 13.6 Å². The third-order valence-corrected chi connectivity index (χ3v) is 2.98. The first kappa shape index (κ1) is 13.2. The fourth-order valence-electron chi connectivity index (χ4n) is 1.98. The van der Waals surface area contributed by atoms with Crippen LogP contribution >= 0.6 is 0 Å². The molecule has 1 N–H and O–H groups in total. The van der Waals surface area contributed by atoms with Crippen LogP contribution in [0.2, 0.25) is 0 Å². The second-order valence-electron chi connectivity index (χ2n) is 4.48. The van der Waals surface area contributed by atoms with E-state index >= 15 is 0 Å². The summed E-state index contributed by atoms with van der Waals surface area (Å²) in [6.45, 7) is 0. The number of benzene rings is 2. The van der Waals surface area contributed by atoms with Crippen molar-refractivity contribution in [3.63, 3.8) is 0 Å². The molecule has 21 heavy (non-hydrogen) atoms. The number of nitrogens with zero attached hydrogens (tertiary/aromatic N) is 1. The maximum Gasteiger partial charge on any atom is 0.275 e. The molecule has 0 saturated carbocycles. The Kier molecular flexibility index (Phi) is 3.31. The Morgan fingerprint density at radius 3 is 2.57 bits per heavy atom. The van der Waals surface area contributed by atoms with E-state index in [-0.39, 0.29) is 17.1 Å². The molecular weight excluding hydrogens is 274 g/mol. The minimum absolute atomic E-state index is 0.0131. The first-order valence-corrected chi connectivity index (χ1v) is 6.26. The molecule has 2 aromatic carbocycles. The predicted octanol–water partition coefficient (Wildman–Crippen LogP) is 2.88. The molecule has 3 nitrogen and oxygen atoms in total. The monoisotopic (exact) mass is 284 g/mol. The third-order valence-electron chi connectivity index (χ3n) is 2.98. The summed E-state index contributed by atoms with van der Waals surface area (Å²) in [4.78, 5) is 15.9. The summed E-state index contributed by atoms with van der Waals surface area (Å²) in [7, 11) is 0. The number of halogens is 2. The molecule has 5 heteroatoms. The van der Waals surface area contributed by atoms with Crippen LogP contribution in [-0.4, -0.2) is 11.7 Å². The van der Waals surface area contributed by atoms with Crippen LogP contribution in [0.5, 0.6) is 0 Å². The molecule has 1 amide bonds. The fraction of sp³-hybridized carbons (Fsp3) is 0. The lowest BCUT2D eigenvalue weighted by Gasteiger charge is -2.02. The van der Waals surface area contributed by atoms with Crippen molar-refractivity contribution in [3.05, 3.63) is 77.0 Å².